The predicted molar refractivity (Wildman–Crippen MR) is 59.2 cm³/mol. The average Bonchev–Trinajstić information content (AvgIpc) is 2.67. The van der Waals surface area contributed by atoms with Gasteiger partial charge < -0.3 is 0 Å². The molecule has 1 heterocycles. The topological polar surface area (TPSA) is 42.9 Å². The molecule has 0 fully saturated rings. The second kappa shape index (κ2) is 4.09. The lowest BCUT2D eigenvalue weighted by atomic mass is 10.00. The highest BCUT2D eigenvalue weighted by Gasteiger charge is 2.19. The van der Waals surface area contributed by atoms with Crippen molar-refractivity contribution in [3.8, 4) is 0 Å². The molecule has 0 aliphatic rings. The summed E-state index contributed by atoms with van der Waals surface area (Å²) >= 11 is 0.934. The molecule has 0 bridgehead atoms. The molecule has 1 aromatic carbocycles. The van der Waals surface area contributed by atoms with Crippen molar-refractivity contribution in [3.63, 3.8) is 0 Å². The van der Waals surface area contributed by atoms with Gasteiger partial charge in [0.1, 0.15) is 11.5 Å². The Hall–Kier alpha value is -1.62. The summed E-state index contributed by atoms with van der Waals surface area (Å²) in [5.74, 6) is -0.917. The normalized spacial score (nSPS) is 10.4. The third-order valence-electron chi connectivity index (χ3n) is 2.25. The quantitative estimate of drug-likeness (QED) is 0.752. The first-order chi connectivity index (χ1) is 7.59. The Labute approximate surface area is 96.3 Å². The highest BCUT2D eigenvalue weighted by atomic mass is 32.1. The maximum absolute atomic E-state index is 13.7. The van der Waals surface area contributed by atoms with Gasteiger partial charge in [0.15, 0.2) is 0 Å². The van der Waals surface area contributed by atoms with Gasteiger partial charge in [-0.15, -0.1) is 0 Å². The van der Waals surface area contributed by atoms with Gasteiger partial charge in [-0.2, -0.15) is 8.75 Å². The molecule has 16 heavy (non-hydrogen) atoms. The van der Waals surface area contributed by atoms with Crippen LogP contribution in [0.5, 0.6) is 0 Å². The lowest BCUT2D eigenvalue weighted by Crippen LogP contribution is -2.07. The number of hydrogen-bond donors (Lipinski definition) is 0. The van der Waals surface area contributed by atoms with Crippen LogP contribution in [0.3, 0.4) is 0 Å². The van der Waals surface area contributed by atoms with Crippen molar-refractivity contribution < 1.29 is 9.18 Å². The van der Waals surface area contributed by atoms with Gasteiger partial charge in [0, 0.05) is 0 Å². The number of ketones is 1. The van der Waals surface area contributed by atoms with E-state index in [9.17, 15) is 9.18 Å². The van der Waals surface area contributed by atoms with Crippen molar-refractivity contribution in [1.82, 2.24) is 8.75 Å². The van der Waals surface area contributed by atoms with Crippen LogP contribution in [-0.2, 0) is 0 Å². The number of aromatic nitrogens is 2. The fraction of sp³-hybridized carbons (Fsp3) is 0.182. The molecule has 5 heteroatoms. The molecule has 0 aliphatic carbocycles. The van der Waals surface area contributed by atoms with E-state index in [0.29, 0.717) is 5.56 Å². The van der Waals surface area contributed by atoms with Crippen LogP contribution in [0.2, 0.25) is 0 Å². The highest BCUT2D eigenvalue weighted by Crippen LogP contribution is 2.18. The van der Waals surface area contributed by atoms with Gasteiger partial charge in [0.2, 0.25) is 5.78 Å². The molecule has 2 rings (SSSR count). The van der Waals surface area contributed by atoms with E-state index in [1.165, 1.54) is 12.3 Å². The molecule has 0 N–H and O–H groups in total. The number of halogens is 1. The monoisotopic (exact) mass is 236 g/mol. The first-order valence-electron chi connectivity index (χ1n) is 4.68. The number of carbonyl (C=O) groups is 1. The summed E-state index contributed by atoms with van der Waals surface area (Å²) in [6.45, 7) is 3.50. The fourth-order valence-corrected chi connectivity index (χ4v) is 2.01. The van der Waals surface area contributed by atoms with Gasteiger partial charge in [-0.1, -0.05) is 6.07 Å². The molecule has 0 aliphatic heterocycles. The molecule has 0 amide bonds. The van der Waals surface area contributed by atoms with E-state index >= 15 is 0 Å². The van der Waals surface area contributed by atoms with Gasteiger partial charge in [0.05, 0.1) is 23.5 Å². The Morgan fingerprint density at radius 2 is 2.12 bits per heavy atom. The van der Waals surface area contributed by atoms with E-state index in [2.05, 4.69) is 8.75 Å². The average molecular weight is 236 g/mol. The van der Waals surface area contributed by atoms with Crippen LogP contribution in [-0.4, -0.2) is 14.5 Å². The molecule has 0 spiro atoms. The minimum Gasteiger partial charge on any atom is -0.287 e. The summed E-state index contributed by atoms with van der Waals surface area (Å²) in [6, 6.07) is 3.12. The fourth-order valence-electron chi connectivity index (χ4n) is 1.60. The Kier molecular flexibility index (Phi) is 2.78. The highest BCUT2D eigenvalue weighted by molar-refractivity contribution is 6.99. The first-order valence-corrected chi connectivity index (χ1v) is 5.41. The largest absolute Gasteiger partial charge is 0.287 e. The Bertz CT molecular complexity index is 514. The number of hydrogen-bond acceptors (Lipinski definition) is 4. The van der Waals surface area contributed by atoms with Crippen LogP contribution in [0.15, 0.2) is 18.3 Å². The third-order valence-corrected chi connectivity index (χ3v) is 2.73. The first kappa shape index (κ1) is 10.9. The lowest BCUT2D eigenvalue weighted by Gasteiger charge is -2.05. The van der Waals surface area contributed by atoms with E-state index in [-0.39, 0.29) is 11.3 Å². The number of rotatable bonds is 2. The number of benzene rings is 1. The standard InChI is InChI=1S/C11H9FN2OS/c1-6-3-7(2)10(8(12)4-6)11(15)9-5-13-16-14-9/h3-5H,1-2H3. The third kappa shape index (κ3) is 1.86. The van der Waals surface area contributed by atoms with E-state index in [1.54, 1.807) is 19.9 Å². The Balaban J connectivity index is 2.53. The molecular weight excluding hydrogens is 227 g/mol. The van der Waals surface area contributed by atoms with Crippen molar-refractivity contribution in [1.29, 1.82) is 0 Å². The summed E-state index contributed by atoms with van der Waals surface area (Å²) in [4.78, 5) is 11.9. The van der Waals surface area contributed by atoms with Crippen molar-refractivity contribution in [2.75, 3.05) is 0 Å². The molecule has 1 aromatic heterocycles. The summed E-state index contributed by atoms with van der Waals surface area (Å²) in [6.07, 6.45) is 1.35. The van der Waals surface area contributed by atoms with Crippen molar-refractivity contribution in [3.05, 3.63) is 46.5 Å². The molecule has 82 valence electrons. The molecular formula is C11H9FN2OS. The minimum atomic E-state index is -0.504. The van der Waals surface area contributed by atoms with E-state index in [1.807, 2.05) is 0 Å². The number of nitrogens with zero attached hydrogens (tertiary/aromatic N) is 2. The molecule has 2 aromatic rings. The van der Waals surface area contributed by atoms with Crippen molar-refractivity contribution >= 4 is 17.5 Å². The summed E-state index contributed by atoms with van der Waals surface area (Å²) < 4.78 is 21.2. The van der Waals surface area contributed by atoms with Crippen LogP contribution >= 0.6 is 11.7 Å². The van der Waals surface area contributed by atoms with Gasteiger partial charge >= 0.3 is 0 Å². The summed E-state index contributed by atoms with van der Waals surface area (Å²) in [7, 11) is 0. The van der Waals surface area contributed by atoms with Crippen LogP contribution in [0.1, 0.15) is 27.2 Å². The van der Waals surface area contributed by atoms with Gasteiger partial charge in [-0.05, 0) is 31.0 Å². The van der Waals surface area contributed by atoms with Crippen molar-refractivity contribution in [2.45, 2.75) is 13.8 Å². The summed E-state index contributed by atoms with van der Waals surface area (Å²) in [5, 5.41) is 0. The predicted octanol–water partition coefficient (Wildman–Crippen LogP) is 2.53. The lowest BCUT2D eigenvalue weighted by molar-refractivity contribution is 0.103. The zero-order valence-electron chi connectivity index (χ0n) is 8.82. The smallest absolute Gasteiger partial charge is 0.217 e. The van der Waals surface area contributed by atoms with Gasteiger partial charge in [-0.25, -0.2) is 4.39 Å². The second-order valence-corrected chi connectivity index (χ2v) is 4.12. The number of aryl methyl sites for hydroxylation is 2. The zero-order valence-corrected chi connectivity index (χ0v) is 9.64. The maximum atomic E-state index is 13.7. The molecule has 0 atom stereocenters. The van der Waals surface area contributed by atoms with Crippen LogP contribution < -0.4 is 0 Å². The SMILES string of the molecule is Cc1cc(C)c(C(=O)c2cnsn2)c(F)c1. The minimum absolute atomic E-state index is 0.0818. The maximum Gasteiger partial charge on any atom is 0.217 e. The number of carbonyl (C=O) groups excluding carboxylic acids is 1. The molecule has 3 nitrogen and oxygen atoms in total. The van der Waals surface area contributed by atoms with E-state index in [4.69, 9.17) is 0 Å². The van der Waals surface area contributed by atoms with Gasteiger partial charge in [0.25, 0.3) is 0 Å². The molecule has 0 saturated carbocycles. The molecule has 0 saturated heterocycles. The Morgan fingerprint density at radius 3 is 2.69 bits per heavy atom. The van der Waals surface area contributed by atoms with E-state index in [0.717, 1.165) is 17.3 Å². The summed E-state index contributed by atoms with van der Waals surface area (Å²) in [5.41, 5.74) is 1.69. The van der Waals surface area contributed by atoms with Crippen LogP contribution in [0.4, 0.5) is 4.39 Å². The van der Waals surface area contributed by atoms with Crippen molar-refractivity contribution in [2.24, 2.45) is 0 Å². The van der Waals surface area contributed by atoms with E-state index < -0.39 is 11.6 Å². The van der Waals surface area contributed by atoms with Crippen LogP contribution in [0, 0.1) is 19.7 Å². The molecule has 0 unspecified atom stereocenters. The van der Waals surface area contributed by atoms with Gasteiger partial charge in [-0.3, -0.25) is 4.79 Å². The second-order valence-electron chi connectivity index (χ2n) is 3.56. The zero-order chi connectivity index (χ0) is 11.7. The molecule has 0 radical (unpaired) electrons. The van der Waals surface area contributed by atoms with Crippen LogP contribution in [0.25, 0.3) is 0 Å². The Morgan fingerprint density at radius 1 is 1.38 bits per heavy atom.